The van der Waals surface area contributed by atoms with Crippen molar-refractivity contribution < 1.29 is 14.7 Å². The summed E-state index contributed by atoms with van der Waals surface area (Å²) in [5.74, 6) is -0.514. The molecule has 4 heteroatoms. The number of hydrogen-bond acceptors (Lipinski definition) is 2. The van der Waals surface area contributed by atoms with Gasteiger partial charge in [0.05, 0.1) is 0 Å². The fraction of sp³-hybridized carbons (Fsp3) is 0.840. The summed E-state index contributed by atoms with van der Waals surface area (Å²) in [4.78, 5) is 24.3. The van der Waals surface area contributed by atoms with E-state index in [1.807, 2.05) is 7.05 Å². The smallest absolute Gasteiger partial charge is 0.303 e. The van der Waals surface area contributed by atoms with Crippen LogP contribution in [0.25, 0.3) is 0 Å². The molecule has 0 rings (SSSR count). The van der Waals surface area contributed by atoms with Crippen molar-refractivity contribution in [1.29, 1.82) is 0 Å². The Bertz CT molecular complexity index is 420. The summed E-state index contributed by atoms with van der Waals surface area (Å²) in [6.45, 7) is 3.00. The van der Waals surface area contributed by atoms with Gasteiger partial charge in [-0.3, -0.25) is 9.59 Å². The minimum atomic E-state index is -0.737. The van der Waals surface area contributed by atoms with E-state index >= 15 is 0 Å². The van der Waals surface area contributed by atoms with E-state index in [0.29, 0.717) is 12.8 Å². The molecule has 0 aromatic rings. The van der Waals surface area contributed by atoms with Crippen molar-refractivity contribution >= 4 is 11.9 Å². The van der Waals surface area contributed by atoms with Gasteiger partial charge in [0.2, 0.25) is 5.91 Å². The van der Waals surface area contributed by atoms with Gasteiger partial charge in [-0.25, -0.2) is 0 Å². The molecule has 4 nitrogen and oxygen atoms in total. The van der Waals surface area contributed by atoms with Gasteiger partial charge in [-0.1, -0.05) is 76.9 Å². The molecule has 0 aliphatic carbocycles. The number of nitrogens with zero attached hydrogens (tertiary/aromatic N) is 1. The summed E-state index contributed by atoms with van der Waals surface area (Å²) in [6.07, 6.45) is 24.6. The van der Waals surface area contributed by atoms with Crippen LogP contribution < -0.4 is 0 Å². The van der Waals surface area contributed by atoms with Crippen LogP contribution in [0.5, 0.6) is 0 Å². The summed E-state index contributed by atoms with van der Waals surface area (Å²) in [6, 6.07) is 0. The highest BCUT2D eigenvalue weighted by Gasteiger charge is 2.07. The van der Waals surface area contributed by atoms with Gasteiger partial charge < -0.3 is 10.0 Å². The average molecular weight is 410 g/mol. The maximum absolute atomic E-state index is 12.1. The number of carboxylic acids is 1. The molecule has 0 saturated heterocycles. The molecule has 0 aromatic carbocycles. The molecule has 0 unspecified atom stereocenters. The third-order valence-electron chi connectivity index (χ3n) is 5.46. The molecule has 170 valence electrons. The number of carbonyl (C=O) groups is 2. The van der Waals surface area contributed by atoms with Gasteiger partial charge in [0.15, 0.2) is 0 Å². The highest BCUT2D eigenvalue weighted by Crippen LogP contribution is 2.11. The summed E-state index contributed by atoms with van der Waals surface area (Å²) < 4.78 is 0. The van der Waals surface area contributed by atoms with E-state index in [2.05, 4.69) is 19.1 Å². The second kappa shape index (κ2) is 21.4. The third kappa shape index (κ3) is 21.2. The molecule has 1 amide bonds. The first-order valence-electron chi connectivity index (χ1n) is 12.2. The molecule has 0 spiro atoms. The van der Waals surface area contributed by atoms with Gasteiger partial charge >= 0.3 is 5.97 Å². The molecular formula is C25H47NO3. The molecule has 29 heavy (non-hydrogen) atoms. The molecule has 0 fully saturated rings. The van der Waals surface area contributed by atoms with E-state index in [9.17, 15) is 9.59 Å². The van der Waals surface area contributed by atoms with Gasteiger partial charge in [-0.05, 0) is 44.9 Å². The third-order valence-corrected chi connectivity index (χ3v) is 5.46. The Labute approximate surface area is 180 Å². The molecule has 0 aliphatic heterocycles. The summed E-state index contributed by atoms with van der Waals surface area (Å²) in [5, 5.41) is 8.61. The number of rotatable bonds is 21. The van der Waals surface area contributed by atoms with Gasteiger partial charge in [0.1, 0.15) is 0 Å². The lowest BCUT2D eigenvalue weighted by molar-refractivity contribution is -0.137. The SMILES string of the molecule is CCCCCCCC/C=C\CCCCCCCC(=O)N(C)CCCCCC(=O)O. The minimum Gasteiger partial charge on any atom is -0.481 e. The molecule has 0 atom stereocenters. The number of carbonyl (C=O) groups excluding carboxylic acids is 1. The Hall–Kier alpha value is -1.32. The average Bonchev–Trinajstić information content (AvgIpc) is 2.70. The zero-order chi connectivity index (χ0) is 21.6. The number of unbranched alkanes of at least 4 members (excludes halogenated alkanes) is 13. The number of allylic oxidation sites excluding steroid dienone is 2. The van der Waals surface area contributed by atoms with Crippen LogP contribution in [0.2, 0.25) is 0 Å². The van der Waals surface area contributed by atoms with Crippen LogP contribution in [0.15, 0.2) is 12.2 Å². The largest absolute Gasteiger partial charge is 0.481 e. The Morgan fingerprint density at radius 2 is 1.17 bits per heavy atom. The van der Waals surface area contributed by atoms with Crippen LogP contribution in [0.1, 0.15) is 122 Å². The first kappa shape index (κ1) is 27.7. The minimum absolute atomic E-state index is 0.223. The van der Waals surface area contributed by atoms with Crippen LogP contribution in [-0.2, 0) is 9.59 Å². The van der Waals surface area contributed by atoms with E-state index in [1.165, 1.54) is 70.6 Å². The Morgan fingerprint density at radius 3 is 1.76 bits per heavy atom. The fourth-order valence-electron chi connectivity index (χ4n) is 3.46. The Morgan fingerprint density at radius 1 is 0.690 bits per heavy atom. The Balaban J connectivity index is 3.37. The van der Waals surface area contributed by atoms with E-state index in [4.69, 9.17) is 5.11 Å². The number of hydrogen-bond donors (Lipinski definition) is 1. The lowest BCUT2D eigenvalue weighted by atomic mass is 10.1. The predicted molar refractivity (Wildman–Crippen MR) is 123 cm³/mol. The maximum Gasteiger partial charge on any atom is 0.303 e. The molecular weight excluding hydrogens is 362 g/mol. The second-order valence-electron chi connectivity index (χ2n) is 8.35. The lowest BCUT2D eigenvalue weighted by Gasteiger charge is -2.16. The number of amides is 1. The highest BCUT2D eigenvalue weighted by atomic mass is 16.4. The van der Waals surface area contributed by atoms with Crippen molar-refractivity contribution in [2.45, 2.75) is 122 Å². The molecule has 1 N–H and O–H groups in total. The van der Waals surface area contributed by atoms with Crippen LogP contribution in [0, 0.1) is 0 Å². The van der Waals surface area contributed by atoms with E-state index < -0.39 is 5.97 Å². The molecule has 0 aromatic heterocycles. The van der Waals surface area contributed by atoms with Gasteiger partial charge in [-0.15, -0.1) is 0 Å². The zero-order valence-corrected chi connectivity index (χ0v) is 19.3. The Kier molecular flexibility index (Phi) is 20.4. The topological polar surface area (TPSA) is 57.6 Å². The maximum atomic E-state index is 12.1. The van der Waals surface area contributed by atoms with Crippen LogP contribution in [0.3, 0.4) is 0 Å². The number of aliphatic carboxylic acids is 1. The van der Waals surface area contributed by atoms with Crippen molar-refractivity contribution in [2.75, 3.05) is 13.6 Å². The summed E-state index contributed by atoms with van der Waals surface area (Å²) in [5.41, 5.74) is 0. The van der Waals surface area contributed by atoms with E-state index in [1.54, 1.807) is 4.90 Å². The van der Waals surface area contributed by atoms with Crippen LogP contribution >= 0.6 is 0 Å². The lowest BCUT2D eigenvalue weighted by Crippen LogP contribution is -2.27. The van der Waals surface area contributed by atoms with Gasteiger partial charge in [0, 0.05) is 26.4 Å². The first-order valence-corrected chi connectivity index (χ1v) is 12.2. The molecule has 0 aliphatic rings. The molecule has 0 heterocycles. The molecule has 0 bridgehead atoms. The summed E-state index contributed by atoms with van der Waals surface area (Å²) >= 11 is 0. The van der Waals surface area contributed by atoms with Crippen LogP contribution in [-0.4, -0.2) is 35.5 Å². The van der Waals surface area contributed by atoms with Crippen molar-refractivity contribution in [3.8, 4) is 0 Å². The van der Waals surface area contributed by atoms with E-state index in [0.717, 1.165) is 32.2 Å². The monoisotopic (exact) mass is 409 g/mol. The van der Waals surface area contributed by atoms with Crippen molar-refractivity contribution in [2.24, 2.45) is 0 Å². The highest BCUT2D eigenvalue weighted by molar-refractivity contribution is 5.75. The number of carboxylic acid groups (broad SMARTS) is 1. The predicted octanol–water partition coefficient (Wildman–Crippen LogP) is 7.13. The molecule has 0 radical (unpaired) electrons. The standard InChI is InChI=1S/C25H47NO3/c1-3-4-5-6-7-8-9-10-11-12-13-14-15-16-18-21-24(27)26(2)23-20-17-19-22-25(28)29/h10-11H,3-9,12-23H2,1-2H3,(H,28,29)/b11-10-. The van der Waals surface area contributed by atoms with Gasteiger partial charge in [0.25, 0.3) is 0 Å². The van der Waals surface area contributed by atoms with Gasteiger partial charge in [-0.2, -0.15) is 0 Å². The van der Waals surface area contributed by atoms with Crippen molar-refractivity contribution in [1.82, 2.24) is 4.90 Å². The second-order valence-corrected chi connectivity index (χ2v) is 8.35. The van der Waals surface area contributed by atoms with E-state index in [-0.39, 0.29) is 12.3 Å². The zero-order valence-electron chi connectivity index (χ0n) is 19.3. The first-order chi connectivity index (χ1) is 14.1. The van der Waals surface area contributed by atoms with Crippen LogP contribution in [0.4, 0.5) is 0 Å². The summed E-state index contributed by atoms with van der Waals surface area (Å²) in [7, 11) is 1.86. The van der Waals surface area contributed by atoms with Crippen molar-refractivity contribution in [3.63, 3.8) is 0 Å². The normalized spacial score (nSPS) is 11.2. The fourth-order valence-corrected chi connectivity index (χ4v) is 3.46. The molecule has 0 saturated carbocycles. The van der Waals surface area contributed by atoms with Crippen molar-refractivity contribution in [3.05, 3.63) is 12.2 Å². The quantitative estimate of drug-likeness (QED) is 0.162.